The summed E-state index contributed by atoms with van der Waals surface area (Å²) < 4.78 is 21.4. The fraction of sp³-hybridized carbons (Fsp3) is 1.00. The maximum Gasteiger partial charge on any atom is 0.222 e. The van der Waals surface area contributed by atoms with Crippen molar-refractivity contribution in [2.24, 2.45) is 0 Å². The first-order valence-corrected chi connectivity index (χ1v) is 3.22. The van der Waals surface area contributed by atoms with Crippen LogP contribution < -0.4 is 0 Å². The average Bonchev–Trinajstić information content (AvgIpc) is 1.89. The van der Waals surface area contributed by atoms with E-state index < -0.39 is 6.36 Å². The summed E-state index contributed by atoms with van der Waals surface area (Å²) in [5.41, 5.74) is 0. The summed E-state index contributed by atoms with van der Waals surface area (Å²) in [6, 6.07) is 0. The maximum absolute atomic E-state index is 12.3. The monoisotopic (exact) mass is 151 g/mol. The van der Waals surface area contributed by atoms with E-state index in [9.17, 15) is 9.50 Å². The molecule has 0 saturated heterocycles. The van der Waals surface area contributed by atoms with Gasteiger partial charge in [0, 0.05) is 6.61 Å². The Kier molecular flexibility index (Phi) is 6.79. The molecule has 0 aliphatic rings. The number of rotatable bonds is 6. The van der Waals surface area contributed by atoms with Gasteiger partial charge in [0.05, 0.1) is 6.61 Å². The van der Waals surface area contributed by atoms with E-state index in [0.717, 1.165) is 0 Å². The van der Waals surface area contributed by atoms with Gasteiger partial charge in [-0.15, -0.1) is 0 Å². The molecule has 1 radical (unpaired) electrons. The molecule has 1 atom stereocenters. The molecule has 0 saturated carbocycles. The van der Waals surface area contributed by atoms with E-state index in [1.165, 1.54) is 0 Å². The maximum atomic E-state index is 12.3. The highest BCUT2D eigenvalue weighted by Crippen LogP contribution is 1.93. The zero-order valence-electron chi connectivity index (χ0n) is 6.01. The van der Waals surface area contributed by atoms with Crippen LogP contribution in [0.3, 0.4) is 0 Å². The molecule has 0 aliphatic heterocycles. The molecular formula is C6H12FO3. The summed E-state index contributed by atoms with van der Waals surface area (Å²) in [6.45, 7) is 1.59. The number of alkyl halides is 1. The molecule has 0 heterocycles. The standard InChI is InChI=1S/C6H12FO3/c1-2-10-6(7)5-9-4-3-8/h6H,2-5H2,1H3. The van der Waals surface area contributed by atoms with Crippen LogP contribution >= 0.6 is 0 Å². The highest BCUT2D eigenvalue weighted by molar-refractivity contribution is 4.36. The normalized spacial score (nSPS) is 13.5. The van der Waals surface area contributed by atoms with E-state index in [1.54, 1.807) is 6.92 Å². The fourth-order valence-corrected chi connectivity index (χ4v) is 0.464. The second-order valence-electron chi connectivity index (χ2n) is 1.64. The van der Waals surface area contributed by atoms with Crippen LogP contribution in [0.5, 0.6) is 0 Å². The largest absolute Gasteiger partial charge is 0.373 e. The van der Waals surface area contributed by atoms with Gasteiger partial charge in [-0.05, 0) is 6.92 Å². The summed E-state index contributed by atoms with van der Waals surface area (Å²) >= 11 is 0. The van der Waals surface area contributed by atoms with Crippen molar-refractivity contribution in [3.63, 3.8) is 0 Å². The third kappa shape index (κ3) is 5.94. The number of hydrogen-bond donors (Lipinski definition) is 0. The van der Waals surface area contributed by atoms with E-state index in [2.05, 4.69) is 9.47 Å². The van der Waals surface area contributed by atoms with Gasteiger partial charge in [0.1, 0.15) is 13.2 Å². The summed E-state index contributed by atoms with van der Waals surface area (Å²) in [5.74, 6) is 0. The second-order valence-corrected chi connectivity index (χ2v) is 1.64. The van der Waals surface area contributed by atoms with E-state index in [-0.39, 0.29) is 19.8 Å². The Hall–Kier alpha value is -0.190. The molecule has 61 valence electrons. The highest BCUT2D eigenvalue weighted by atomic mass is 19.1. The Bertz CT molecular complexity index is 70.0. The first kappa shape index (κ1) is 9.81. The Balaban J connectivity index is 2.97. The van der Waals surface area contributed by atoms with Crippen LogP contribution in [0, 0.1) is 0 Å². The van der Waals surface area contributed by atoms with Crippen LogP contribution in [-0.4, -0.2) is 32.8 Å². The smallest absolute Gasteiger partial charge is 0.222 e. The molecule has 0 aromatic rings. The molecule has 0 rings (SSSR count). The van der Waals surface area contributed by atoms with Crippen molar-refractivity contribution in [3.05, 3.63) is 0 Å². The minimum atomic E-state index is -1.39. The molecule has 0 bridgehead atoms. The van der Waals surface area contributed by atoms with Crippen molar-refractivity contribution in [2.45, 2.75) is 13.3 Å². The van der Waals surface area contributed by atoms with Crippen molar-refractivity contribution in [3.8, 4) is 0 Å². The van der Waals surface area contributed by atoms with Gasteiger partial charge in [-0.3, -0.25) is 0 Å². The number of halogens is 1. The Labute approximate surface area is 59.8 Å². The van der Waals surface area contributed by atoms with Crippen molar-refractivity contribution < 1.29 is 19.0 Å². The summed E-state index contributed by atoms with van der Waals surface area (Å²) in [5, 5.41) is 9.78. The first-order valence-electron chi connectivity index (χ1n) is 3.22. The lowest BCUT2D eigenvalue weighted by Gasteiger charge is -2.06. The van der Waals surface area contributed by atoms with Crippen molar-refractivity contribution in [2.75, 3.05) is 26.4 Å². The van der Waals surface area contributed by atoms with Crippen LogP contribution in [0.2, 0.25) is 0 Å². The lowest BCUT2D eigenvalue weighted by molar-refractivity contribution is -0.0896. The zero-order valence-corrected chi connectivity index (χ0v) is 6.01. The summed E-state index contributed by atoms with van der Waals surface area (Å²) in [6.07, 6.45) is -1.39. The van der Waals surface area contributed by atoms with Crippen molar-refractivity contribution in [1.82, 2.24) is 0 Å². The van der Waals surface area contributed by atoms with Crippen LogP contribution in [0.25, 0.3) is 0 Å². The molecule has 3 nitrogen and oxygen atoms in total. The molecule has 0 spiro atoms. The molecule has 0 aliphatic carbocycles. The Morgan fingerprint density at radius 3 is 2.80 bits per heavy atom. The summed E-state index contributed by atoms with van der Waals surface area (Å²) in [4.78, 5) is 0. The third-order valence-electron chi connectivity index (χ3n) is 0.824. The molecule has 0 fully saturated rings. The fourth-order valence-electron chi connectivity index (χ4n) is 0.464. The third-order valence-corrected chi connectivity index (χ3v) is 0.824. The van der Waals surface area contributed by atoms with E-state index in [1.807, 2.05) is 0 Å². The van der Waals surface area contributed by atoms with Gasteiger partial charge >= 0.3 is 0 Å². The Morgan fingerprint density at radius 1 is 1.60 bits per heavy atom. The average molecular weight is 151 g/mol. The van der Waals surface area contributed by atoms with Gasteiger partial charge in [-0.2, -0.15) is 0 Å². The minimum absolute atomic E-state index is 0.0491. The number of hydrogen-bond acceptors (Lipinski definition) is 2. The van der Waals surface area contributed by atoms with Crippen LogP contribution in [0.4, 0.5) is 4.39 Å². The predicted octanol–water partition coefficient (Wildman–Crippen LogP) is 0.766. The van der Waals surface area contributed by atoms with Crippen molar-refractivity contribution >= 4 is 0 Å². The van der Waals surface area contributed by atoms with Gasteiger partial charge in [0.2, 0.25) is 6.36 Å². The SMILES string of the molecule is CCOC(F)COCC[O]. The van der Waals surface area contributed by atoms with Gasteiger partial charge in [-0.25, -0.2) is 9.50 Å². The van der Waals surface area contributed by atoms with Gasteiger partial charge in [-0.1, -0.05) is 0 Å². The van der Waals surface area contributed by atoms with Crippen LogP contribution in [0.1, 0.15) is 6.92 Å². The quantitative estimate of drug-likeness (QED) is 0.526. The van der Waals surface area contributed by atoms with Gasteiger partial charge < -0.3 is 9.47 Å². The lowest BCUT2D eigenvalue weighted by atomic mass is 10.7. The number of ether oxygens (including phenoxy) is 2. The molecule has 0 aromatic heterocycles. The summed E-state index contributed by atoms with van der Waals surface area (Å²) in [7, 11) is 0. The lowest BCUT2D eigenvalue weighted by Crippen LogP contribution is -2.15. The molecule has 0 amide bonds. The molecule has 1 unspecified atom stereocenters. The van der Waals surface area contributed by atoms with Crippen molar-refractivity contribution in [1.29, 1.82) is 0 Å². The minimum Gasteiger partial charge on any atom is -0.373 e. The topological polar surface area (TPSA) is 38.4 Å². The molecular weight excluding hydrogens is 139 g/mol. The molecule has 0 N–H and O–H groups in total. The second kappa shape index (κ2) is 6.92. The van der Waals surface area contributed by atoms with Crippen LogP contribution in [-0.2, 0) is 14.6 Å². The first-order chi connectivity index (χ1) is 4.81. The van der Waals surface area contributed by atoms with E-state index >= 15 is 0 Å². The van der Waals surface area contributed by atoms with E-state index in [0.29, 0.717) is 6.61 Å². The molecule has 0 aromatic carbocycles. The molecule has 10 heavy (non-hydrogen) atoms. The predicted molar refractivity (Wildman–Crippen MR) is 32.9 cm³/mol. The molecule has 4 heteroatoms. The zero-order chi connectivity index (χ0) is 7.82. The highest BCUT2D eigenvalue weighted by Gasteiger charge is 2.03. The Morgan fingerprint density at radius 2 is 2.30 bits per heavy atom. The van der Waals surface area contributed by atoms with Gasteiger partial charge in [0.25, 0.3) is 0 Å². The van der Waals surface area contributed by atoms with Gasteiger partial charge in [0.15, 0.2) is 0 Å². The van der Waals surface area contributed by atoms with E-state index in [4.69, 9.17) is 0 Å². The van der Waals surface area contributed by atoms with Crippen LogP contribution in [0.15, 0.2) is 0 Å².